The minimum Gasteiger partial charge on any atom is -0.354 e. The molecule has 0 aliphatic carbocycles. The average molecular weight is 448 g/mol. The number of nitrogens with one attached hydrogen (secondary N) is 1. The van der Waals surface area contributed by atoms with E-state index in [1.165, 1.54) is 5.69 Å². The highest BCUT2D eigenvalue weighted by Gasteiger charge is 2.15. The Labute approximate surface area is 176 Å². The largest absolute Gasteiger partial charge is 0.354 e. The number of pyridine rings is 1. The number of aryl methyl sites for hydroxylation is 1. The molecule has 0 amide bonds. The summed E-state index contributed by atoms with van der Waals surface area (Å²) in [5, 5.41) is 3.43. The fraction of sp³-hybridized carbons (Fsp3) is 0.500. The molecule has 2 aromatic heterocycles. The number of halogens is 1. The first kappa shape index (κ1) is 20.7. The molecular weight excluding hydrogens is 418 g/mol. The first-order valence-electron chi connectivity index (χ1n) is 9.57. The van der Waals surface area contributed by atoms with Gasteiger partial charge in [0.15, 0.2) is 5.96 Å². The van der Waals surface area contributed by atoms with E-state index < -0.39 is 0 Å². The molecule has 0 bridgehead atoms. The Morgan fingerprint density at radius 2 is 2.00 bits per heavy atom. The molecule has 0 unspecified atom stereocenters. The standard InChI is InChI=1S/C20H30BrN7/c1-22-20(27(4)15-18-11-17(21)14-26(18)3)24-13-16-5-6-19(23-12-16)28-9-7-25(2)8-10-28/h5-6,11-12,14H,7-10,13,15H2,1-4H3,(H,22,24). The van der Waals surface area contributed by atoms with Crippen LogP contribution < -0.4 is 10.2 Å². The monoisotopic (exact) mass is 447 g/mol. The molecular formula is C20H30BrN7. The summed E-state index contributed by atoms with van der Waals surface area (Å²) in [4.78, 5) is 15.9. The molecule has 1 N–H and O–H groups in total. The number of aromatic nitrogens is 2. The summed E-state index contributed by atoms with van der Waals surface area (Å²) in [6, 6.07) is 6.40. The zero-order valence-electron chi connectivity index (χ0n) is 17.2. The van der Waals surface area contributed by atoms with E-state index in [-0.39, 0.29) is 0 Å². The van der Waals surface area contributed by atoms with Crippen LogP contribution in [0.15, 0.2) is 40.1 Å². The van der Waals surface area contributed by atoms with Crippen molar-refractivity contribution in [1.29, 1.82) is 0 Å². The van der Waals surface area contributed by atoms with Crippen LogP contribution in [0.4, 0.5) is 5.82 Å². The highest BCUT2D eigenvalue weighted by Crippen LogP contribution is 2.15. The van der Waals surface area contributed by atoms with Gasteiger partial charge in [-0.1, -0.05) is 6.07 Å². The van der Waals surface area contributed by atoms with Crippen LogP contribution in [0, 0.1) is 0 Å². The molecule has 1 saturated heterocycles. The quantitative estimate of drug-likeness (QED) is 0.561. The van der Waals surface area contributed by atoms with E-state index in [1.54, 1.807) is 0 Å². The molecule has 0 atom stereocenters. The highest BCUT2D eigenvalue weighted by atomic mass is 79.9. The number of rotatable bonds is 5. The normalized spacial score (nSPS) is 15.8. The van der Waals surface area contributed by atoms with Gasteiger partial charge < -0.3 is 24.6 Å². The molecule has 0 radical (unpaired) electrons. The SMILES string of the molecule is CN=C(NCc1ccc(N2CCN(C)CC2)nc1)N(C)Cc1cc(Br)cn1C. The van der Waals surface area contributed by atoms with Crippen molar-refractivity contribution in [1.82, 2.24) is 24.7 Å². The van der Waals surface area contributed by atoms with Crippen LogP contribution in [-0.4, -0.2) is 72.6 Å². The van der Waals surface area contributed by atoms with Gasteiger partial charge in [0.05, 0.1) is 6.54 Å². The van der Waals surface area contributed by atoms with E-state index in [9.17, 15) is 0 Å². The Kier molecular flexibility index (Phi) is 6.96. The summed E-state index contributed by atoms with van der Waals surface area (Å²) < 4.78 is 3.21. The Balaban J connectivity index is 1.54. The summed E-state index contributed by atoms with van der Waals surface area (Å²) >= 11 is 3.53. The topological polar surface area (TPSA) is 51.9 Å². The van der Waals surface area contributed by atoms with Crippen molar-refractivity contribution >= 4 is 27.7 Å². The van der Waals surface area contributed by atoms with Crippen LogP contribution in [0.1, 0.15) is 11.3 Å². The van der Waals surface area contributed by atoms with Crippen LogP contribution in [-0.2, 0) is 20.1 Å². The second-order valence-electron chi connectivity index (χ2n) is 7.33. The van der Waals surface area contributed by atoms with Gasteiger partial charge in [-0.25, -0.2) is 4.98 Å². The molecule has 3 rings (SSSR count). The molecule has 0 spiro atoms. The fourth-order valence-corrected chi connectivity index (χ4v) is 3.92. The van der Waals surface area contributed by atoms with E-state index in [0.717, 1.165) is 54.5 Å². The lowest BCUT2D eigenvalue weighted by Crippen LogP contribution is -2.44. The van der Waals surface area contributed by atoms with Crippen molar-refractivity contribution in [2.24, 2.45) is 12.0 Å². The van der Waals surface area contributed by atoms with Crippen molar-refractivity contribution in [2.75, 3.05) is 52.2 Å². The van der Waals surface area contributed by atoms with Crippen LogP contribution >= 0.6 is 15.9 Å². The minimum atomic E-state index is 0.698. The Bertz CT molecular complexity index is 791. The molecule has 0 saturated carbocycles. The Hall–Kier alpha value is -2.06. The Morgan fingerprint density at radius 3 is 2.57 bits per heavy atom. The van der Waals surface area contributed by atoms with E-state index in [4.69, 9.17) is 0 Å². The lowest BCUT2D eigenvalue weighted by molar-refractivity contribution is 0.312. The molecule has 28 heavy (non-hydrogen) atoms. The van der Waals surface area contributed by atoms with Gasteiger partial charge in [-0.2, -0.15) is 0 Å². The second-order valence-corrected chi connectivity index (χ2v) is 8.25. The first-order chi connectivity index (χ1) is 13.5. The van der Waals surface area contributed by atoms with Gasteiger partial charge in [0.25, 0.3) is 0 Å². The van der Waals surface area contributed by atoms with Crippen LogP contribution in [0.25, 0.3) is 0 Å². The Morgan fingerprint density at radius 1 is 1.25 bits per heavy atom. The van der Waals surface area contributed by atoms with E-state index in [0.29, 0.717) is 6.54 Å². The summed E-state index contributed by atoms with van der Waals surface area (Å²) in [6.07, 6.45) is 4.02. The van der Waals surface area contributed by atoms with Crippen molar-refractivity contribution < 1.29 is 0 Å². The maximum atomic E-state index is 4.66. The van der Waals surface area contributed by atoms with Crippen molar-refractivity contribution in [2.45, 2.75) is 13.1 Å². The molecule has 1 aliphatic heterocycles. The zero-order valence-corrected chi connectivity index (χ0v) is 18.8. The number of aliphatic imine (C=N–C) groups is 1. The maximum absolute atomic E-state index is 4.66. The predicted octanol–water partition coefficient (Wildman–Crippen LogP) is 2.14. The van der Waals surface area contributed by atoms with Gasteiger partial charge >= 0.3 is 0 Å². The summed E-state index contributed by atoms with van der Waals surface area (Å²) in [6.45, 7) is 5.73. The van der Waals surface area contributed by atoms with Crippen LogP contribution in [0.3, 0.4) is 0 Å². The van der Waals surface area contributed by atoms with Gasteiger partial charge in [-0.05, 0) is 40.7 Å². The predicted molar refractivity (Wildman–Crippen MR) is 119 cm³/mol. The summed E-state index contributed by atoms with van der Waals surface area (Å²) in [5.74, 6) is 1.92. The van der Waals surface area contributed by atoms with E-state index >= 15 is 0 Å². The third-order valence-corrected chi connectivity index (χ3v) is 5.57. The fourth-order valence-electron chi connectivity index (χ4n) is 3.35. The molecule has 1 aliphatic rings. The van der Waals surface area contributed by atoms with Crippen molar-refractivity contribution in [3.8, 4) is 0 Å². The smallest absolute Gasteiger partial charge is 0.194 e. The van der Waals surface area contributed by atoms with E-state index in [1.807, 2.05) is 20.3 Å². The number of guanidine groups is 1. The van der Waals surface area contributed by atoms with Gasteiger partial charge in [0, 0.05) is 76.4 Å². The molecule has 152 valence electrons. The average Bonchev–Trinajstić information content (AvgIpc) is 3.00. The summed E-state index contributed by atoms with van der Waals surface area (Å²) in [5.41, 5.74) is 2.37. The van der Waals surface area contributed by atoms with Gasteiger partial charge in [-0.3, -0.25) is 4.99 Å². The zero-order chi connectivity index (χ0) is 20.1. The summed E-state index contributed by atoms with van der Waals surface area (Å²) in [7, 11) is 8.08. The van der Waals surface area contributed by atoms with Gasteiger partial charge in [-0.15, -0.1) is 0 Å². The van der Waals surface area contributed by atoms with E-state index in [2.05, 4.69) is 89.0 Å². The molecule has 1 fully saturated rings. The number of nitrogens with zero attached hydrogens (tertiary/aromatic N) is 6. The van der Waals surface area contributed by atoms with Crippen molar-refractivity contribution in [3.63, 3.8) is 0 Å². The number of piperazine rings is 1. The number of likely N-dealkylation sites (N-methyl/N-ethyl adjacent to an activating group) is 1. The third kappa shape index (κ3) is 5.26. The number of hydrogen-bond donors (Lipinski definition) is 1. The molecule has 7 nitrogen and oxygen atoms in total. The van der Waals surface area contributed by atoms with Gasteiger partial charge in [0.2, 0.25) is 0 Å². The molecule has 2 aromatic rings. The van der Waals surface area contributed by atoms with Crippen LogP contribution in [0.5, 0.6) is 0 Å². The first-order valence-corrected chi connectivity index (χ1v) is 10.4. The molecule has 3 heterocycles. The second kappa shape index (κ2) is 9.43. The molecule has 0 aromatic carbocycles. The maximum Gasteiger partial charge on any atom is 0.194 e. The number of anilines is 1. The lowest BCUT2D eigenvalue weighted by atomic mass is 10.2. The third-order valence-electron chi connectivity index (χ3n) is 5.13. The molecule has 8 heteroatoms. The van der Waals surface area contributed by atoms with Gasteiger partial charge in [0.1, 0.15) is 5.82 Å². The lowest BCUT2D eigenvalue weighted by Gasteiger charge is -2.33. The highest BCUT2D eigenvalue weighted by molar-refractivity contribution is 9.10. The minimum absolute atomic E-state index is 0.698. The van der Waals surface area contributed by atoms with Crippen molar-refractivity contribution in [3.05, 3.63) is 46.3 Å². The van der Waals surface area contributed by atoms with Crippen LogP contribution in [0.2, 0.25) is 0 Å². The number of hydrogen-bond acceptors (Lipinski definition) is 4.